The molecule has 0 bridgehead atoms. The highest BCUT2D eigenvalue weighted by Crippen LogP contribution is 2.60. The van der Waals surface area contributed by atoms with E-state index >= 15 is 0 Å². The van der Waals surface area contributed by atoms with Gasteiger partial charge < -0.3 is 21.3 Å². The van der Waals surface area contributed by atoms with Gasteiger partial charge >= 0.3 is 0 Å². The minimum atomic E-state index is -0.352. The van der Waals surface area contributed by atoms with Crippen LogP contribution in [-0.2, 0) is 6.54 Å². The van der Waals surface area contributed by atoms with Crippen molar-refractivity contribution in [2.75, 3.05) is 6.54 Å². The first-order chi connectivity index (χ1) is 14.3. The summed E-state index contributed by atoms with van der Waals surface area (Å²) in [6.45, 7) is 10.5. The third-order valence-corrected chi connectivity index (χ3v) is 9.10. The van der Waals surface area contributed by atoms with Gasteiger partial charge in [-0.3, -0.25) is 4.98 Å². The van der Waals surface area contributed by atoms with Crippen LogP contribution in [0, 0.1) is 28.6 Å². The minimum absolute atomic E-state index is 0.00586. The third-order valence-electron chi connectivity index (χ3n) is 9.10. The minimum Gasteiger partial charge on any atom is -0.393 e. The van der Waals surface area contributed by atoms with Crippen molar-refractivity contribution < 1.29 is 10.2 Å². The van der Waals surface area contributed by atoms with Crippen LogP contribution < -0.4 is 11.1 Å². The SMILES string of the molecule is C=C1C(N)CC2[C@H](O)C([C@@]3(C)CC[C@H](O)C[C@@H]3CNCc3cccnc3)CC[C@]12C. The van der Waals surface area contributed by atoms with E-state index in [0.717, 1.165) is 57.2 Å². The largest absolute Gasteiger partial charge is 0.393 e. The van der Waals surface area contributed by atoms with E-state index in [4.69, 9.17) is 5.73 Å². The Hall–Kier alpha value is -1.27. The van der Waals surface area contributed by atoms with Crippen LogP contribution in [0.15, 0.2) is 36.7 Å². The molecule has 1 aromatic rings. The number of nitrogens with zero attached hydrogens (tertiary/aromatic N) is 1. The lowest BCUT2D eigenvalue weighted by atomic mass is 9.52. The summed E-state index contributed by atoms with van der Waals surface area (Å²) >= 11 is 0. The van der Waals surface area contributed by atoms with Gasteiger partial charge in [-0.25, -0.2) is 0 Å². The maximum Gasteiger partial charge on any atom is 0.0610 e. The molecule has 8 atom stereocenters. The topological polar surface area (TPSA) is 91.4 Å². The molecule has 0 aliphatic heterocycles. The van der Waals surface area contributed by atoms with E-state index in [1.54, 1.807) is 6.20 Å². The van der Waals surface area contributed by atoms with Gasteiger partial charge in [-0.1, -0.05) is 32.1 Å². The summed E-state index contributed by atoms with van der Waals surface area (Å²) in [5.41, 5.74) is 8.62. The van der Waals surface area contributed by atoms with Crippen molar-refractivity contribution >= 4 is 0 Å². The quantitative estimate of drug-likeness (QED) is 0.557. The average Bonchev–Trinajstić information content (AvgIpc) is 2.96. The second-order valence-corrected chi connectivity index (χ2v) is 10.7. The van der Waals surface area contributed by atoms with E-state index in [2.05, 4.69) is 36.8 Å². The van der Waals surface area contributed by atoms with Crippen LogP contribution >= 0.6 is 0 Å². The van der Waals surface area contributed by atoms with Gasteiger partial charge in [0.1, 0.15) is 0 Å². The summed E-state index contributed by atoms with van der Waals surface area (Å²) in [6.07, 6.45) is 8.58. The zero-order chi connectivity index (χ0) is 21.5. The predicted octanol–water partition coefficient (Wildman–Crippen LogP) is 3.02. The highest BCUT2D eigenvalue weighted by molar-refractivity contribution is 5.26. The van der Waals surface area contributed by atoms with Gasteiger partial charge in [-0.15, -0.1) is 0 Å². The Kier molecular flexibility index (Phi) is 6.10. The van der Waals surface area contributed by atoms with Crippen molar-refractivity contribution in [1.82, 2.24) is 10.3 Å². The molecule has 5 heteroatoms. The van der Waals surface area contributed by atoms with Crippen LogP contribution in [0.3, 0.4) is 0 Å². The number of hydrogen-bond donors (Lipinski definition) is 4. The van der Waals surface area contributed by atoms with Crippen molar-refractivity contribution in [2.45, 2.75) is 77.2 Å². The molecule has 0 radical (unpaired) electrons. The highest BCUT2D eigenvalue weighted by Gasteiger charge is 2.58. The third kappa shape index (κ3) is 3.75. The summed E-state index contributed by atoms with van der Waals surface area (Å²) < 4.78 is 0. The lowest BCUT2D eigenvalue weighted by molar-refractivity contribution is -0.118. The van der Waals surface area contributed by atoms with Gasteiger partial charge in [0.05, 0.1) is 12.2 Å². The number of hydrogen-bond acceptors (Lipinski definition) is 5. The molecule has 5 nitrogen and oxygen atoms in total. The van der Waals surface area contributed by atoms with Gasteiger partial charge in [0.15, 0.2) is 0 Å². The zero-order valence-corrected chi connectivity index (χ0v) is 18.6. The molecule has 0 spiro atoms. The molecule has 0 saturated heterocycles. The first-order valence-electron chi connectivity index (χ1n) is 11.7. The van der Waals surface area contributed by atoms with Crippen molar-refractivity contribution in [3.63, 3.8) is 0 Å². The average molecular weight is 414 g/mol. The Morgan fingerprint density at radius 1 is 1.20 bits per heavy atom. The Bertz CT molecular complexity index is 756. The highest BCUT2D eigenvalue weighted by atomic mass is 16.3. The fourth-order valence-electron chi connectivity index (χ4n) is 6.92. The van der Waals surface area contributed by atoms with Crippen molar-refractivity contribution in [1.29, 1.82) is 0 Å². The molecule has 3 saturated carbocycles. The molecular weight excluding hydrogens is 374 g/mol. The molecular formula is C25H39N3O2. The summed E-state index contributed by atoms with van der Waals surface area (Å²) in [5, 5.41) is 25.6. The Labute approximate surface area is 181 Å². The Morgan fingerprint density at radius 3 is 2.73 bits per heavy atom. The second kappa shape index (κ2) is 8.34. The fourth-order valence-corrected chi connectivity index (χ4v) is 6.92. The molecule has 166 valence electrons. The lowest BCUT2D eigenvalue weighted by Gasteiger charge is -2.55. The molecule has 3 fully saturated rings. The number of aliphatic hydroxyl groups excluding tert-OH is 2. The second-order valence-electron chi connectivity index (χ2n) is 10.7. The van der Waals surface area contributed by atoms with Gasteiger partial charge in [0, 0.05) is 25.0 Å². The molecule has 5 N–H and O–H groups in total. The van der Waals surface area contributed by atoms with Gasteiger partial charge in [0.25, 0.3) is 0 Å². The maximum atomic E-state index is 11.6. The van der Waals surface area contributed by atoms with Crippen molar-refractivity contribution in [3.8, 4) is 0 Å². The first kappa shape index (κ1) is 21.9. The van der Waals surface area contributed by atoms with Crippen molar-refractivity contribution in [3.05, 3.63) is 42.2 Å². The number of fused-ring (bicyclic) bond motifs is 1. The number of aromatic nitrogens is 1. The van der Waals surface area contributed by atoms with Crippen LogP contribution in [0.2, 0.25) is 0 Å². The number of aliphatic hydroxyl groups is 2. The van der Waals surface area contributed by atoms with Crippen LogP contribution in [0.4, 0.5) is 0 Å². The normalized spacial score (nSPS) is 44.1. The Balaban J connectivity index is 1.49. The molecule has 3 unspecified atom stereocenters. The molecule has 0 amide bonds. The molecule has 0 aromatic carbocycles. The molecule has 1 heterocycles. The van der Waals surface area contributed by atoms with E-state index in [1.807, 2.05) is 12.3 Å². The standard InChI is InChI=1S/C25H39N3O2/c1-16-22(26)12-21-23(30)20(7-9-24(16,21)2)25(3)8-6-19(29)11-18(25)15-28-14-17-5-4-10-27-13-17/h4-5,10,13,18-23,28-30H,1,6-9,11-12,14-15,26H2,2-3H3/t18-,19+,20?,21?,22?,23-,24-,25+/m1/s1. The predicted molar refractivity (Wildman–Crippen MR) is 119 cm³/mol. The zero-order valence-electron chi connectivity index (χ0n) is 18.6. The first-order valence-corrected chi connectivity index (χ1v) is 11.7. The van der Waals surface area contributed by atoms with Crippen LogP contribution in [0.1, 0.15) is 57.9 Å². The monoisotopic (exact) mass is 413 g/mol. The van der Waals surface area contributed by atoms with E-state index in [-0.39, 0.29) is 40.9 Å². The van der Waals surface area contributed by atoms with Gasteiger partial charge in [0.2, 0.25) is 0 Å². The fraction of sp³-hybridized carbons (Fsp3) is 0.720. The molecule has 3 aliphatic carbocycles. The van der Waals surface area contributed by atoms with E-state index < -0.39 is 0 Å². The number of rotatable bonds is 5. The number of nitrogens with two attached hydrogens (primary N) is 1. The smallest absolute Gasteiger partial charge is 0.0610 e. The number of pyridine rings is 1. The van der Waals surface area contributed by atoms with Gasteiger partial charge in [-0.2, -0.15) is 0 Å². The van der Waals surface area contributed by atoms with E-state index in [0.29, 0.717) is 5.92 Å². The number of nitrogens with one attached hydrogen (secondary N) is 1. The molecule has 3 aliphatic rings. The maximum absolute atomic E-state index is 11.6. The molecule has 1 aromatic heterocycles. The summed E-state index contributed by atoms with van der Waals surface area (Å²) in [7, 11) is 0. The lowest BCUT2D eigenvalue weighted by Crippen LogP contribution is -2.54. The summed E-state index contributed by atoms with van der Waals surface area (Å²) in [6, 6.07) is 4.05. The van der Waals surface area contributed by atoms with Crippen LogP contribution in [-0.4, -0.2) is 40.0 Å². The van der Waals surface area contributed by atoms with Crippen LogP contribution in [0.25, 0.3) is 0 Å². The Morgan fingerprint density at radius 2 is 2.00 bits per heavy atom. The van der Waals surface area contributed by atoms with Crippen LogP contribution in [0.5, 0.6) is 0 Å². The van der Waals surface area contributed by atoms with E-state index in [9.17, 15) is 10.2 Å². The molecule has 4 rings (SSSR count). The summed E-state index contributed by atoms with van der Waals surface area (Å²) in [4.78, 5) is 4.19. The molecule has 30 heavy (non-hydrogen) atoms. The summed E-state index contributed by atoms with van der Waals surface area (Å²) in [5.74, 6) is 0.776. The van der Waals surface area contributed by atoms with Gasteiger partial charge in [-0.05, 0) is 85.3 Å². The van der Waals surface area contributed by atoms with Crippen molar-refractivity contribution in [2.24, 2.45) is 34.3 Å². The van der Waals surface area contributed by atoms with E-state index in [1.165, 1.54) is 5.56 Å².